The zero-order valence-electron chi connectivity index (χ0n) is 13.1. The number of rotatable bonds is 6. The zero-order chi connectivity index (χ0) is 17.6. The maximum atomic E-state index is 12.6. The lowest BCUT2D eigenvalue weighted by Gasteiger charge is -2.23. The highest BCUT2D eigenvalue weighted by molar-refractivity contribution is 5.94. The van der Waals surface area contributed by atoms with Crippen molar-refractivity contribution in [2.24, 2.45) is 0 Å². The SMILES string of the molecule is COCCN(Cc1ccncc1)C(=O)c1ccc(C(F)(F)F)cc1. The summed E-state index contributed by atoms with van der Waals surface area (Å²) < 4.78 is 42.9. The fourth-order valence-electron chi connectivity index (χ4n) is 2.15. The van der Waals surface area contributed by atoms with Gasteiger partial charge in [-0.05, 0) is 42.0 Å². The third kappa shape index (κ3) is 4.79. The molecule has 2 aromatic rings. The molecule has 1 heterocycles. The summed E-state index contributed by atoms with van der Waals surface area (Å²) in [7, 11) is 1.52. The fraction of sp³-hybridized carbons (Fsp3) is 0.294. The van der Waals surface area contributed by atoms with Crippen molar-refractivity contribution in [1.82, 2.24) is 9.88 Å². The van der Waals surface area contributed by atoms with Crippen LogP contribution < -0.4 is 0 Å². The van der Waals surface area contributed by atoms with Gasteiger partial charge in [0.25, 0.3) is 5.91 Å². The average molecular weight is 338 g/mol. The number of hydrogen-bond acceptors (Lipinski definition) is 3. The third-order valence-corrected chi connectivity index (χ3v) is 3.43. The van der Waals surface area contributed by atoms with Crippen LogP contribution >= 0.6 is 0 Å². The number of pyridine rings is 1. The molecule has 0 unspecified atom stereocenters. The highest BCUT2D eigenvalue weighted by Gasteiger charge is 2.30. The number of methoxy groups -OCH3 is 1. The van der Waals surface area contributed by atoms with E-state index in [1.165, 1.54) is 24.1 Å². The summed E-state index contributed by atoms with van der Waals surface area (Å²) in [5, 5.41) is 0. The molecular weight excluding hydrogens is 321 g/mol. The van der Waals surface area contributed by atoms with E-state index >= 15 is 0 Å². The molecule has 0 radical (unpaired) electrons. The Morgan fingerprint density at radius 1 is 1.12 bits per heavy atom. The summed E-state index contributed by atoms with van der Waals surface area (Å²) in [5.41, 5.74) is 0.297. The summed E-state index contributed by atoms with van der Waals surface area (Å²) in [6, 6.07) is 7.76. The van der Waals surface area contributed by atoms with Crippen LogP contribution in [0.5, 0.6) is 0 Å². The Balaban J connectivity index is 2.17. The van der Waals surface area contributed by atoms with Gasteiger partial charge >= 0.3 is 6.18 Å². The second-order valence-electron chi connectivity index (χ2n) is 5.15. The minimum absolute atomic E-state index is 0.202. The zero-order valence-corrected chi connectivity index (χ0v) is 13.1. The van der Waals surface area contributed by atoms with Gasteiger partial charge in [-0.3, -0.25) is 9.78 Å². The maximum Gasteiger partial charge on any atom is 0.416 e. The van der Waals surface area contributed by atoms with Crippen LogP contribution in [0.2, 0.25) is 0 Å². The highest BCUT2D eigenvalue weighted by Crippen LogP contribution is 2.29. The molecule has 4 nitrogen and oxygen atoms in total. The van der Waals surface area contributed by atoms with Crippen molar-refractivity contribution < 1.29 is 22.7 Å². The van der Waals surface area contributed by atoms with E-state index in [0.717, 1.165) is 17.7 Å². The van der Waals surface area contributed by atoms with Crippen LogP contribution in [0, 0.1) is 0 Å². The highest BCUT2D eigenvalue weighted by atomic mass is 19.4. The predicted octanol–water partition coefficient (Wildman–Crippen LogP) is 3.39. The molecule has 1 aromatic heterocycles. The number of carbonyl (C=O) groups excluding carboxylic acids is 1. The van der Waals surface area contributed by atoms with Gasteiger partial charge < -0.3 is 9.64 Å². The fourth-order valence-corrected chi connectivity index (χ4v) is 2.15. The van der Waals surface area contributed by atoms with Crippen LogP contribution in [0.3, 0.4) is 0 Å². The van der Waals surface area contributed by atoms with Gasteiger partial charge in [-0.25, -0.2) is 0 Å². The Kier molecular flexibility index (Phi) is 5.92. The molecule has 0 aliphatic rings. The van der Waals surface area contributed by atoms with Gasteiger partial charge in [-0.15, -0.1) is 0 Å². The van der Waals surface area contributed by atoms with Crippen LogP contribution in [0.25, 0.3) is 0 Å². The van der Waals surface area contributed by atoms with Gasteiger partial charge in [0.05, 0.1) is 12.2 Å². The first-order valence-electron chi connectivity index (χ1n) is 7.26. The van der Waals surface area contributed by atoms with Crippen molar-refractivity contribution in [3.05, 3.63) is 65.5 Å². The standard InChI is InChI=1S/C17H17F3N2O2/c1-24-11-10-22(12-13-6-8-21-9-7-13)16(23)14-2-4-15(5-3-14)17(18,19)20/h2-9H,10-12H2,1H3. The van der Waals surface area contributed by atoms with Gasteiger partial charge in [0.2, 0.25) is 0 Å². The second-order valence-corrected chi connectivity index (χ2v) is 5.15. The Morgan fingerprint density at radius 3 is 2.29 bits per heavy atom. The maximum absolute atomic E-state index is 12.6. The van der Waals surface area contributed by atoms with Gasteiger partial charge in [-0.1, -0.05) is 0 Å². The summed E-state index contributed by atoms with van der Waals surface area (Å²) in [5.74, 6) is -0.349. The first-order valence-corrected chi connectivity index (χ1v) is 7.26. The Labute approximate surface area is 137 Å². The van der Waals surface area contributed by atoms with E-state index in [1.807, 2.05) is 0 Å². The monoisotopic (exact) mass is 338 g/mol. The second kappa shape index (κ2) is 7.92. The smallest absolute Gasteiger partial charge is 0.383 e. The van der Waals surface area contributed by atoms with E-state index in [9.17, 15) is 18.0 Å². The van der Waals surface area contributed by atoms with Crippen molar-refractivity contribution in [1.29, 1.82) is 0 Å². The van der Waals surface area contributed by atoms with Crippen LogP contribution in [-0.4, -0.2) is 36.1 Å². The van der Waals surface area contributed by atoms with Gasteiger partial charge in [0, 0.05) is 38.2 Å². The van der Waals surface area contributed by atoms with Crippen molar-refractivity contribution >= 4 is 5.91 Å². The summed E-state index contributed by atoms with van der Waals surface area (Å²) in [4.78, 5) is 18.0. The van der Waals surface area contributed by atoms with Crippen LogP contribution in [0.15, 0.2) is 48.8 Å². The molecular formula is C17H17F3N2O2. The summed E-state index contributed by atoms with van der Waals surface area (Å²) >= 11 is 0. The van der Waals surface area contributed by atoms with E-state index in [1.54, 1.807) is 24.5 Å². The lowest BCUT2D eigenvalue weighted by Crippen LogP contribution is -2.33. The molecule has 24 heavy (non-hydrogen) atoms. The van der Waals surface area contributed by atoms with Gasteiger partial charge in [0.15, 0.2) is 0 Å². The van der Waals surface area contributed by atoms with Crippen LogP contribution in [-0.2, 0) is 17.5 Å². The first kappa shape index (κ1) is 17.9. The Bertz CT molecular complexity index is 658. The van der Waals surface area contributed by atoms with Crippen LogP contribution in [0.1, 0.15) is 21.5 Å². The van der Waals surface area contributed by atoms with E-state index in [4.69, 9.17) is 4.74 Å². The van der Waals surface area contributed by atoms with E-state index in [2.05, 4.69) is 4.98 Å². The molecule has 1 amide bonds. The number of hydrogen-bond donors (Lipinski definition) is 0. The molecule has 0 fully saturated rings. The lowest BCUT2D eigenvalue weighted by atomic mass is 10.1. The van der Waals surface area contributed by atoms with E-state index in [0.29, 0.717) is 19.7 Å². The number of amides is 1. The van der Waals surface area contributed by atoms with Crippen molar-refractivity contribution in [3.63, 3.8) is 0 Å². The summed E-state index contributed by atoms with van der Waals surface area (Å²) in [6.07, 6.45) is -1.19. The van der Waals surface area contributed by atoms with Crippen molar-refractivity contribution in [2.45, 2.75) is 12.7 Å². The normalized spacial score (nSPS) is 11.3. The molecule has 0 spiro atoms. The molecule has 0 N–H and O–H groups in total. The molecule has 0 bridgehead atoms. The number of nitrogens with zero attached hydrogens (tertiary/aromatic N) is 2. The number of benzene rings is 1. The molecule has 0 aliphatic heterocycles. The molecule has 0 atom stereocenters. The summed E-state index contributed by atoms with van der Waals surface area (Å²) in [6.45, 7) is 0.988. The molecule has 2 rings (SSSR count). The van der Waals surface area contributed by atoms with Crippen molar-refractivity contribution in [3.8, 4) is 0 Å². The van der Waals surface area contributed by atoms with Gasteiger partial charge in [-0.2, -0.15) is 13.2 Å². The molecule has 0 aliphatic carbocycles. The van der Waals surface area contributed by atoms with Crippen LogP contribution in [0.4, 0.5) is 13.2 Å². The first-order chi connectivity index (χ1) is 11.4. The quantitative estimate of drug-likeness (QED) is 0.811. The molecule has 0 saturated heterocycles. The number of ether oxygens (including phenoxy) is 1. The molecule has 128 valence electrons. The molecule has 7 heteroatoms. The Morgan fingerprint density at radius 2 is 1.75 bits per heavy atom. The average Bonchev–Trinajstić information content (AvgIpc) is 2.58. The lowest BCUT2D eigenvalue weighted by molar-refractivity contribution is -0.137. The molecule has 0 saturated carbocycles. The Hall–Kier alpha value is -2.41. The molecule has 1 aromatic carbocycles. The number of aromatic nitrogens is 1. The van der Waals surface area contributed by atoms with Gasteiger partial charge in [0.1, 0.15) is 0 Å². The van der Waals surface area contributed by atoms with Crippen molar-refractivity contribution in [2.75, 3.05) is 20.3 Å². The topological polar surface area (TPSA) is 42.4 Å². The van der Waals surface area contributed by atoms with E-state index in [-0.39, 0.29) is 11.5 Å². The number of alkyl halides is 3. The van der Waals surface area contributed by atoms with E-state index < -0.39 is 11.7 Å². The number of halogens is 3. The minimum Gasteiger partial charge on any atom is -0.383 e. The largest absolute Gasteiger partial charge is 0.416 e. The third-order valence-electron chi connectivity index (χ3n) is 3.43. The predicted molar refractivity (Wildman–Crippen MR) is 82.3 cm³/mol. The number of carbonyl (C=O) groups is 1. The minimum atomic E-state index is -4.42.